The summed E-state index contributed by atoms with van der Waals surface area (Å²) >= 11 is 13.9. The first-order chi connectivity index (χ1) is 11.6. The number of nitrogens with zero attached hydrogens (tertiary/aromatic N) is 3. The molecule has 0 spiro atoms. The number of hydrogen-bond donors (Lipinski definition) is 1. The van der Waals surface area contributed by atoms with Crippen molar-refractivity contribution in [3.63, 3.8) is 0 Å². The molecule has 0 saturated heterocycles. The molecule has 1 aromatic heterocycles. The van der Waals surface area contributed by atoms with E-state index in [-0.39, 0.29) is 6.54 Å². The van der Waals surface area contributed by atoms with Crippen molar-refractivity contribution in [1.82, 2.24) is 14.8 Å². The normalized spacial score (nSPS) is 11.0. The van der Waals surface area contributed by atoms with Crippen LogP contribution in [0.3, 0.4) is 0 Å². The van der Waals surface area contributed by atoms with Crippen LogP contribution in [0.15, 0.2) is 47.6 Å². The van der Waals surface area contributed by atoms with Crippen LogP contribution in [0.4, 0.5) is 0 Å². The molecule has 3 rings (SSSR count). The van der Waals surface area contributed by atoms with Gasteiger partial charge in [-0.3, -0.25) is 4.57 Å². The van der Waals surface area contributed by atoms with Crippen molar-refractivity contribution < 1.29 is 0 Å². The molecular formula is C17H16Cl2N4S. The molecule has 7 heteroatoms. The molecule has 1 heterocycles. The largest absolute Gasteiger partial charge is 0.324 e. The molecule has 2 aromatic carbocycles. The highest BCUT2D eigenvalue weighted by molar-refractivity contribution is 7.98. The van der Waals surface area contributed by atoms with Gasteiger partial charge >= 0.3 is 0 Å². The van der Waals surface area contributed by atoms with Crippen molar-refractivity contribution in [2.45, 2.75) is 24.4 Å². The van der Waals surface area contributed by atoms with E-state index in [0.717, 1.165) is 16.6 Å². The molecule has 0 saturated carbocycles. The van der Waals surface area contributed by atoms with E-state index in [1.54, 1.807) is 23.9 Å². The van der Waals surface area contributed by atoms with E-state index >= 15 is 0 Å². The zero-order valence-electron chi connectivity index (χ0n) is 13.0. The number of aryl methyl sites for hydroxylation is 1. The van der Waals surface area contributed by atoms with Crippen molar-refractivity contribution in [1.29, 1.82) is 0 Å². The van der Waals surface area contributed by atoms with E-state index in [4.69, 9.17) is 28.9 Å². The fraction of sp³-hybridized carbons (Fsp3) is 0.176. The van der Waals surface area contributed by atoms with Crippen LogP contribution < -0.4 is 5.73 Å². The van der Waals surface area contributed by atoms with Crippen molar-refractivity contribution in [3.05, 3.63) is 69.5 Å². The van der Waals surface area contributed by atoms with Crippen molar-refractivity contribution in [2.24, 2.45) is 5.73 Å². The molecule has 124 valence electrons. The van der Waals surface area contributed by atoms with Crippen LogP contribution in [0, 0.1) is 6.92 Å². The Bertz CT molecular complexity index is 864. The molecule has 0 amide bonds. The Morgan fingerprint density at radius 1 is 1.12 bits per heavy atom. The molecule has 0 fully saturated rings. The molecule has 24 heavy (non-hydrogen) atoms. The number of halogens is 2. The summed E-state index contributed by atoms with van der Waals surface area (Å²) < 4.78 is 1.89. The molecule has 0 unspecified atom stereocenters. The number of aromatic nitrogens is 3. The highest BCUT2D eigenvalue weighted by Crippen LogP contribution is 2.30. The summed E-state index contributed by atoms with van der Waals surface area (Å²) in [7, 11) is 0. The van der Waals surface area contributed by atoms with Gasteiger partial charge < -0.3 is 5.73 Å². The number of hydrogen-bond acceptors (Lipinski definition) is 4. The third kappa shape index (κ3) is 3.75. The predicted octanol–water partition coefficient (Wildman–Crippen LogP) is 4.63. The van der Waals surface area contributed by atoms with Crippen LogP contribution in [-0.2, 0) is 12.3 Å². The fourth-order valence-electron chi connectivity index (χ4n) is 2.38. The molecule has 0 aliphatic carbocycles. The highest BCUT2D eigenvalue weighted by Gasteiger charge is 2.16. The van der Waals surface area contributed by atoms with E-state index < -0.39 is 0 Å². The molecule has 4 nitrogen and oxygen atoms in total. The van der Waals surface area contributed by atoms with Crippen LogP contribution in [0.2, 0.25) is 10.0 Å². The van der Waals surface area contributed by atoms with Gasteiger partial charge in [0, 0.05) is 10.8 Å². The maximum atomic E-state index is 6.35. The summed E-state index contributed by atoms with van der Waals surface area (Å²) in [6.07, 6.45) is 0. The number of rotatable bonds is 5. The van der Waals surface area contributed by atoms with Gasteiger partial charge in [-0.25, -0.2) is 0 Å². The second-order valence-corrected chi connectivity index (χ2v) is 7.10. The van der Waals surface area contributed by atoms with E-state index in [9.17, 15) is 0 Å². The summed E-state index contributed by atoms with van der Waals surface area (Å²) in [4.78, 5) is 0. The zero-order chi connectivity index (χ0) is 17.1. The minimum absolute atomic E-state index is 0.275. The van der Waals surface area contributed by atoms with Gasteiger partial charge in [0.15, 0.2) is 11.0 Å². The summed E-state index contributed by atoms with van der Waals surface area (Å²) in [6, 6.07) is 13.7. The van der Waals surface area contributed by atoms with E-state index in [0.29, 0.717) is 15.9 Å². The second-order valence-electron chi connectivity index (χ2n) is 5.31. The predicted molar refractivity (Wildman–Crippen MR) is 100 cm³/mol. The number of nitrogens with two attached hydrogens (primary N) is 1. The monoisotopic (exact) mass is 378 g/mol. The lowest BCUT2D eigenvalue weighted by molar-refractivity contribution is 0.823. The molecule has 2 N–H and O–H groups in total. The van der Waals surface area contributed by atoms with Gasteiger partial charge in [0.2, 0.25) is 0 Å². The van der Waals surface area contributed by atoms with Gasteiger partial charge in [0.05, 0.1) is 17.3 Å². The Hall–Kier alpha value is -1.53. The third-order valence-corrected chi connectivity index (χ3v) is 5.02. The van der Waals surface area contributed by atoms with Gasteiger partial charge in [-0.05, 0) is 30.7 Å². The Labute approximate surface area is 155 Å². The molecule has 0 radical (unpaired) electrons. The van der Waals surface area contributed by atoms with E-state index in [1.807, 2.05) is 10.6 Å². The highest BCUT2D eigenvalue weighted by atomic mass is 35.5. The Kier molecular flexibility index (Phi) is 5.46. The van der Waals surface area contributed by atoms with E-state index in [1.165, 1.54) is 11.1 Å². The van der Waals surface area contributed by atoms with Gasteiger partial charge in [0.25, 0.3) is 0 Å². The molecule has 0 aliphatic rings. The summed E-state index contributed by atoms with van der Waals surface area (Å²) in [6.45, 7) is 2.35. The topological polar surface area (TPSA) is 56.7 Å². The van der Waals surface area contributed by atoms with Crippen LogP contribution in [0.5, 0.6) is 0 Å². The SMILES string of the molecule is Cc1cccc(CSc2nnc(CN)n2-c2ccc(Cl)cc2Cl)c1. The number of thioether (sulfide) groups is 1. The first-order valence-corrected chi connectivity index (χ1v) is 9.11. The van der Waals surface area contributed by atoms with Crippen LogP contribution >= 0.6 is 35.0 Å². The Morgan fingerprint density at radius 2 is 1.96 bits per heavy atom. The fourth-order valence-corrected chi connectivity index (χ4v) is 3.78. The van der Waals surface area contributed by atoms with Gasteiger partial charge in [0.1, 0.15) is 0 Å². The smallest absolute Gasteiger partial charge is 0.196 e. The summed E-state index contributed by atoms with van der Waals surface area (Å²) in [5.74, 6) is 1.45. The van der Waals surface area contributed by atoms with Crippen molar-refractivity contribution in [2.75, 3.05) is 0 Å². The lowest BCUT2D eigenvalue weighted by Gasteiger charge is -2.11. The van der Waals surface area contributed by atoms with E-state index in [2.05, 4.69) is 41.4 Å². The molecule has 0 bridgehead atoms. The Morgan fingerprint density at radius 3 is 2.67 bits per heavy atom. The van der Waals surface area contributed by atoms with Crippen molar-refractivity contribution >= 4 is 35.0 Å². The maximum absolute atomic E-state index is 6.35. The second kappa shape index (κ2) is 7.57. The minimum Gasteiger partial charge on any atom is -0.324 e. The lowest BCUT2D eigenvalue weighted by atomic mass is 10.2. The molecule has 3 aromatic rings. The number of benzene rings is 2. The molecule has 0 aliphatic heterocycles. The van der Waals surface area contributed by atoms with Gasteiger partial charge in [-0.15, -0.1) is 10.2 Å². The molecular weight excluding hydrogens is 363 g/mol. The van der Waals surface area contributed by atoms with Crippen molar-refractivity contribution in [3.8, 4) is 5.69 Å². The zero-order valence-corrected chi connectivity index (χ0v) is 15.4. The van der Waals surface area contributed by atoms with Gasteiger partial charge in [-0.2, -0.15) is 0 Å². The Balaban J connectivity index is 1.93. The minimum atomic E-state index is 0.275. The van der Waals surface area contributed by atoms with Crippen LogP contribution in [0.1, 0.15) is 17.0 Å². The first-order valence-electron chi connectivity index (χ1n) is 7.36. The standard InChI is InChI=1S/C17H16Cl2N4S/c1-11-3-2-4-12(7-11)10-24-17-22-21-16(9-20)23(17)15-6-5-13(18)8-14(15)19/h2-8H,9-10,20H2,1H3. The van der Waals surface area contributed by atoms with Gasteiger partial charge in [-0.1, -0.05) is 64.8 Å². The third-order valence-electron chi connectivity index (χ3n) is 3.48. The molecule has 0 atom stereocenters. The lowest BCUT2D eigenvalue weighted by Crippen LogP contribution is -2.08. The average molecular weight is 379 g/mol. The summed E-state index contributed by atoms with van der Waals surface area (Å²) in [5, 5.41) is 10.3. The van der Waals surface area contributed by atoms with Crippen LogP contribution in [-0.4, -0.2) is 14.8 Å². The van der Waals surface area contributed by atoms with Crippen LogP contribution in [0.25, 0.3) is 5.69 Å². The quantitative estimate of drug-likeness (QED) is 0.657. The summed E-state index contributed by atoms with van der Waals surface area (Å²) in [5.41, 5.74) is 9.04. The first kappa shape index (κ1) is 17.3. The average Bonchev–Trinajstić information content (AvgIpc) is 2.96. The maximum Gasteiger partial charge on any atom is 0.196 e.